The molecule has 1 rings (SSSR count). The van der Waals surface area contributed by atoms with Gasteiger partial charge in [0.1, 0.15) is 0 Å². The molecule has 0 saturated carbocycles. The number of aromatic nitrogens is 1. The number of nitrogen functional groups attached to an aromatic ring is 1. The van der Waals surface area contributed by atoms with Crippen LogP contribution in [0.15, 0.2) is 12.3 Å². The number of nitrogens with zero attached hydrogens (tertiary/aromatic N) is 1. The van der Waals surface area contributed by atoms with Gasteiger partial charge in [-0.05, 0) is 6.07 Å². The highest BCUT2D eigenvalue weighted by molar-refractivity contribution is 7.73. The smallest absolute Gasteiger partial charge is 0.181 e. The Morgan fingerprint density at radius 2 is 2.50 bits per heavy atom. The molecule has 2 nitrogen and oxygen atoms in total. The zero-order valence-electron chi connectivity index (χ0n) is 4.00. The minimum atomic E-state index is 0.525. The molecule has 0 aliphatic rings. The Labute approximate surface area is 56.0 Å². The van der Waals surface area contributed by atoms with E-state index in [-0.39, 0.29) is 0 Å². The fourth-order valence-electron chi connectivity index (χ4n) is 0.335. The quantitative estimate of drug-likeness (QED) is 0.560. The highest BCUT2D eigenvalue weighted by Gasteiger charge is 1.80. The fourth-order valence-corrected chi connectivity index (χ4v) is 1.10. The lowest BCUT2D eigenvalue weighted by Crippen LogP contribution is -1.82. The molecule has 0 bridgehead atoms. The van der Waals surface area contributed by atoms with Gasteiger partial charge in [0.25, 0.3) is 0 Å². The zero-order valence-corrected chi connectivity index (χ0v) is 5.63. The third-order valence-electron chi connectivity index (χ3n) is 0.618. The Kier molecular flexibility index (Phi) is 1.55. The lowest BCUT2D eigenvalue weighted by atomic mass is 10.8. The summed E-state index contributed by atoms with van der Waals surface area (Å²) in [5.41, 5.74) is 5.30. The van der Waals surface area contributed by atoms with Crippen LogP contribution >= 0.6 is 23.6 Å². The first-order chi connectivity index (χ1) is 3.79. The van der Waals surface area contributed by atoms with Crippen molar-refractivity contribution < 1.29 is 0 Å². The largest absolute Gasteiger partial charge is 0.375 e. The predicted molar refractivity (Wildman–Crippen MR) is 37.4 cm³/mol. The molecule has 0 radical (unpaired) electrons. The summed E-state index contributed by atoms with van der Waals surface area (Å²) in [5, 5.41) is 0.525. The number of rotatable bonds is 0. The second-order valence-electron chi connectivity index (χ2n) is 1.20. The van der Waals surface area contributed by atoms with Crippen LogP contribution in [0.5, 0.6) is 0 Å². The molecule has 0 aromatic carbocycles. The van der Waals surface area contributed by atoms with Gasteiger partial charge in [0, 0.05) is 6.20 Å². The summed E-state index contributed by atoms with van der Waals surface area (Å²) in [6.45, 7) is 0. The first-order valence-corrected chi connectivity index (χ1v) is 3.23. The predicted octanol–water partition coefficient (Wildman–Crippen LogP) is 1.45. The van der Waals surface area contributed by atoms with Crippen LogP contribution in [0.2, 0.25) is 0 Å². The molecule has 1 heterocycles. The van der Waals surface area contributed by atoms with Crippen molar-refractivity contribution in [1.29, 1.82) is 0 Å². The highest BCUT2D eigenvalue weighted by Crippen LogP contribution is 2.05. The van der Waals surface area contributed by atoms with Crippen molar-refractivity contribution in [3.05, 3.63) is 16.1 Å². The van der Waals surface area contributed by atoms with Crippen molar-refractivity contribution in [3.8, 4) is 0 Å². The maximum atomic E-state index is 5.30. The van der Waals surface area contributed by atoms with Crippen LogP contribution in [-0.2, 0) is 0 Å². The van der Waals surface area contributed by atoms with Gasteiger partial charge >= 0.3 is 0 Å². The summed E-state index contributed by atoms with van der Waals surface area (Å²) in [6.07, 6.45) is 1.61. The molecule has 1 aromatic heterocycles. The maximum Gasteiger partial charge on any atom is 0.181 e. The van der Waals surface area contributed by atoms with E-state index in [1.54, 1.807) is 12.3 Å². The van der Waals surface area contributed by atoms with Gasteiger partial charge in [0.15, 0.2) is 5.13 Å². The van der Waals surface area contributed by atoms with Gasteiger partial charge in [0.05, 0.1) is 3.82 Å². The molecular weight excluding hydrogens is 140 g/mol. The van der Waals surface area contributed by atoms with Gasteiger partial charge in [-0.3, -0.25) is 0 Å². The summed E-state index contributed by atoms with van der Waals surface area (Å²) in [4.78, 5) is 3.77. The standard InChI is InChI=1S/C4H4N2S2/c5-4-6-2-1-3(7)8-4/h1-2H,(H2,5,6). The molecule has 0 atom stereocenters. The van der Waals surface area contributed by atoms with Crippen LogP contribution < -0.4 is 5.73 Å². The van der Waals surface area contributed by atoms with Crippen molar-refractivity contribution in [2.75, 3.05) is 5.73 Å². The average Bonchev–Trinajstić information content (AvgIpc) is 1.64. The molecule has 0 spiro atoms. The van der Waals surface area contributed by atoms with Gasteiger partial charge < -0.3 is 5.73 Å². The maximum absolute atomic E-state index is 5.30. The van der Waals surface area contributed by atoms with Crippen molar-refractivity contribution >= 4 is 28.7 Å². The van der Waals surface area contributed by atoms with E-state index in [1.165, 1.54) is 11.3 Å². The summed E-state index contributed by atoms with van der Waals surface area (Å²) in [6, 6.07) is 1.75. The molecule has 2 N–H and O–H groups in total. The molecule has 0 aliphatic heterocycles. The van der Waals surface area contributed by atoms with Gasteiger partial charge in [-0.2, -0.15) is 0 Å². The molecular formula is C4H4N2S2. The Morgan fingerprint density at radius 1 is 1.75 bits per heavy atom. The van der Waals surface area contributed by atoms with Gasteiger partial charge in [0.2, 0.25) is 0 Å². The molecule has 0 amide bonds. The molecule has 0 unspecified atom stereocenters. The van der Waals surface area contributed by atoms with E-state index in [0.717, 1.165) is 3.82 Å². The van der Waals surface area contributed by atoms with E-state index in [0.29, 0.717) is 5.13 Å². The Morgan fingerprint density at radius 3 is 2.88 bits per heavy atom. The molecule has 8 heavy (non-hydrogen) atoms. The fraction of sp³-hybridized carbons (Fsp3) is 0. The van der Waals surface area contributed by atoms with Crippen molar-refractivity contribution in [2.24, 2.45) is 0 Å². The van der Waals surface area contributed by atoms with E-state index in [1.807, 2.05) is 0 Å². The number of nitrogens with two attached hydrogens (primary N) is 1. The average molecular weight is 144 g/mol. The zero-order chi connectivity index (χ0) is 5.98. The first kappa shape index (κ1) is 5.65. The lowest BCUT2D eigenvalue weighted by molar-refractivity contribution is 1.39. The van der Waals surface area contributed by atoms with Crippen molar-refractivity contribution in [2.45, 2.75) is 0 Å². The Balaban J connectivity index is 3.28. The van der Waals surface area contributed by atoms with Crippen LogP contribution in [0.25, 0.3) is 0 Å². The molecule has 0 fully saturated rings. The normalized spacial score (nSPS) is 9.00. The van der Waals surface area contributed by atoms with E-state index in [2.05, 4.69) is 4.98 Å². The monoisotopic (exact) mass is 144 g/mol. The van der Waals surface area contributed by atoms with Crippen LogP contribution in [0.3, 0.4) is 0 Å². The third kappa shape index (κ3) is 1.24. The topological polar surface area (TPSA) is 38.9 Å². The number of hydrogen-bond acceptors (Lipinski definition) is 4. The van der Waals surface area contributed by atoms with Gasteiger partial charge in [-0.15, -0.1) is 0 Å². The second-order valence-corrected chi connectivity index (χ2v) is 2.96. The number of anilines is 1. The minimum absolute atomic E-state index is 0.525. The van der Waals surface area contributed by atoms with Gasteiger partial charge in [-0.1, -0.05) is 23.6 Å². The molecule has 0 saturated heterocycles. The summed E-state index contributed by atoms with van der Waals surface area (Å²) < 4.78 is 0.775. The SMILES string of the molecule is Nc1nccc(=S)s1. The number of hydrogen-bond donors (Lipinski definition) is 1. The Hall–Kier alpha value is -0.480. The Bertz CT molecular complexity index is 229. The second kappa shape index (κ2) is 2.19. The summed E-state index contributed by atoms with van der Waals surface area (Å²) >= 11 is 6.11. The highest BCUT2D eigenvalue weighted by atomic mass is 32.1. The van der Waals surface area contributed by atoms with E-state index >= 15 is 0 Å². The van der Waals surface area contributed by atoms with Crippen LogP contribution in [0.1, 0.15) is 0 Å². The van der Waals surface area contributed by atoms with Gasteiger partial charge in [-0.25, -0.2) is 4.98 Å². The summed E-state index contributed by atoms with van der Waals surface area (Å²) in [7, 11) is 0. The van der Waals surface area contributed by atoms with Crippen LogP contribution in [-0.4, -0.2) is 4.98 Å². The van der Waals surface area contributed by atoms with E-state index in [4.69, 9.17) is 18.0 Å². The van der Waals surface area contributed by atoms with Crippen LogP contribution in [0, 0.1) is 3.82 Å². The van der Waals surface area contributed by atoms with E-state index < -0.39 is 0 Å². The lowest BCUT2D eigenvalue weighted by Gasteiger charge is -1.83. The molecule has 0 aliphatic carbocycles. The van der Waals surface area contributed by atoms with Crippen LogP contribution in [0.4, 0.5) is 5.13 Å². The third-order valence-corrected chi connectivity index (χ3v) is 1.66. The van der Waals surface area contributed by atoms with Crippen molar-refractivity contribution in [3.63, 3.8) is 0 Å². The minimum Gasteiger partial charge on any atom is -0.375 e. The van der Waals surface area contributed by atoms with E-state index in [9.17, 15) is 0 Å². The molecule has 4 heteroatoms. The molecule has 1 aromatic rings. The van der Waals surface area contributed by atoms with Crippen molar-refractivity contribution in [1.82, 2.24) is 4.98 Å². The summed E-state index contributed by atoms with van der Waals surface area (Å²) in [5.74, 6) is 0. The first-order valence-electron chi connectivity index (χ1n) is 2.00. The molecule has 42 valence electrons.